The van der Waals surface area contributed by atoms with E-state index in [1.165, 1.54) is 12.3 Å². The van der Waals surface area contributed by atoms with Gasteiger partial charge in [0.05, 0.1) is 12.8 Å². The number of benzene rings is 2. The van der Waals surface area contributed by atoms with Crippen LogP contribution in [-0.4, -0.2) is 54.3 Å². The van der Waals surface area contributed by atoms with Crippen LogP contribution in [0.5, 0.6) is 0 Å². The Kier molecular flexibility index (Phi) is 7.42. The van der Waals surface area contributed by atoms with E-state index >= 15 is 0 Å². The minimum atomic E-state index is -0.409. The fourth-order valence-electron chi connectivity index (χ4n) is 4.88. The summed E-state index contributed by atoms with van der Waals surface area (Å²) < 4.78 is 10.7. The van der Waals surface area contributed by atoms with Gasteiger partial charge >= 0.3 is 5.63 Å². The van der Waals surface area contributed by atoms with Gasteiger partial charge in [0.1, 0.15) is 5.58 Å². The van der Waals surface area contributed by atoms with Crippen molar-refractivity contribution < 1.29 is 18.4 Å². The van der Waals surface area contributed by atoms with Crippen molar-refractivity contribution in [1.82, 2.24) is 9.80 Å². The lowest BCUT2D eigenvalue weighted by molar-refractivity contribution is -0.119. The van der Waals surface area contributed by atoms with Crippen molar-refractivity contribution in [3.63, 3.8) is 0 Å². The molecule has 0 unspecified atom stereocenters. The van der Waals surface area contributed by atoms with Gasteiger partial charge in [0, 0.05) is 62.4 Å². The molecule has 1 fully saturated rings. The lowest BCUT2D eigenvalue weighted by atomic mass is 10.1. The maximum Gasteiger partial charge on any atom is 0.336 e. The van der Waals surface area contributed by atoms with E-state index < -0.39 is 5.63 Å². The smallest absolute Gasteiger partial charge is 0.336 e. The number of furan rings is 1. The summed E-state index contributed by atoms with van der Waals surface area (Å²) in [5.41, 5.74) is 3.74. The number of amides is 2. The van der Waals surface area contributed by atoms with Gasteiger partial charge in [-0.15, -0.1) is 0 Å². The van der Waals surface area contributed by atoms with Crippen LogP contribution in [0.3, 0.4) is 0 Å². The molecule has 0 N–H and O–H groups in total. The molecule has 1 aliphatic heterocycles. The molecule has 2 amide bonds. The molecule has 38 heavy (non-hydrogen) atoms. The molecule has 0 saturated carbocycles. The standard InChI is InChI=1S/C30H31N3O5/c1-21-6-3-4-7-23(21)20-33(24-9-10-25-22(2)18-29(35)38-27(25)19-24)28(34)11-12-31-13-15-32(16-14-31)30(36)26-8-5-17-37-26/h3-10,17-19H,11-16,20H2,1-2H3. The maximum absolute atomic E-state index is 13.6. The minimum Gasteiger partial charge on any atom is -0.459 e. The highest BCUT2D eigenvalue weighted by atomic mass is 16.4. The molecule has 0 radical (unpaired) electrons. The first-order chi connectivity index (χ1) is 18.4. The summed E-state index contributed by atoms with van der Waals surface area (Å²) in [6.45, 7) is 7.47. The number of anilines is 1. The molecule has 1 saturated heterocycles. The van der Waals surface area contributed by atoms with Crippen molar-refractivity contribution in [2.45, 2.75) is 26.8 Å². The minimum absolute atomic E-state index is 0.0169. The number of rotatable bonds is 7. The summed E-state index contributed by atoms with van der Waals surface area (Å²) in [6, 6.07) is 18.4. The normalized spacial score (nSPS) is 14.1. The Bertz CT molecular complexity index is 1500. The molecule has 0 aliphatic carbocycles. The first-order valence-electron chi connectivity index (χ1n) is 12.8. The van der Waals surface area contributed by atoms with Crippen LogP contribution in [0.15, 0.2) is 80.6 Å². The highest BCUT2D eigenvalue weighted by Crippen LogP contribution is 2.26. The van der Waals surface area contributed by atoms with Crippen molar-refractivity contribution in [2.75, 3.05) is 37.6 Å². The molecule has 4 aromatic rings. The first-order valence-corrected chi connectivity index (χ1v) is 12.8. The molecule has 2 aromatic carbocycles. The van der Waals surface area contributed by atoms with Crippen LogP contribution >= 0.6 is 0 Å². The van der Waals surface area contributed by atoms with Gasteiger partial charge in [-0.2, -0.15) is 0 Å². The molecular formula is C30H31N3O5. The topological polar surface area (TPSA) is 87.2 Å². The Morgan fingerprint density at radius 1 is 0.921 bits per heavy atom. The quantitative estimate of drug-likeness (QED) is 0.341. The zero-order chi connectivity index (χ0) is 26.6. The molecular weight excluding hydrogens is 482 g/mol. The summed E-state index contributed by atoms with van der Waals surface area (Å²) >= 11 is 0. The van der Waals surface area contributed by atoms with Crippen LogP contribution in [0.25, 0.3) is 11.0 Å². The summed E-state index contributed by atoms with van der Waals surface area (Å²) in [6.07, 6.45) is 1.83. The van der Waals surface area contributed by atoms with E-state index in [1.807, 2.05) is 50.2 Å². The Hall–Kier alpha value is -4.17. The number of nitrogens with zero attached hydrogens (tertiary/aromatic N) is 3. The summed E-state index contributed by atoms with van der Waals surface area (Å²) in [5, 5.41) is 0.846. The van der Waals surface area contributed by atoms with Crippen LogP contribution < -0.4 is 10.5 Å². The second-order valence-corrected chi connectivity index (χ2v) is 9.70. The predicted molar refractivity (Wildman–Crippen MR) is 145 cm³/mol. The Labute approximate surface area is 221 Å². The number of aryl methyl sites for hydroxylation is 2. The van der Waals surface area contributed by atoms with Gasteiger partial charge in [-0.3, -0.25) is 14.5 Å². The van der Waals surface area contributed by atoms with Crippen LogP contribution in [0.1, 0.15) is 33.7 Å². The fourth-order valence-corrected chi connectivity index (χ4v) is 4.88. The lowest BCUT2D eigenvalue weighted by Crippen LogP contribution is -2.49. The highest BCUT2D eigenvalue weighted by molar-refractivity contribution is 5.96. The molecule has 8 nitrogen and oxygen atoms in total. The van der Waals surface area contributed by atoms with Crippen LogP contribution in [-0.2, 0) is 11.3 Å². The van der Waals surface area contributed by atoms with Crippen molar-refractivity contribution in [1.29, 1.82) is 0 Å². The van der Waals surface area contributed by atoms with Gasteiger partial charge in [-0.05, 0) is 54.8 Å². The number of hydrogen-bond donors (Lipinski definition) is 0. The molecule has 5 rings (SSSR count). The molecule has 8 heteroatoms. The number of piperazine rings is 1. The van der Waals surface area contributed by atoms with Gasteiger partial charge in [0.15, 0.2) is 5.76 Å². The van der Waals surface area contributed by atoms with E-state index in [0.29, 0.717) is 62.7 Å². The zero-order valence-corrected chi connectivity index (χ0v) is 21.7. The maximum atomic E-state index is 13.6. The number of fused-ring (bicyclic) bond motifs is 1. The van der Waals surface area contributed by atoms with Gasteiger partial charge < -0.3 is 18.6 Å². The summed E-state index contributed by atoms with van der Waals surface area (Å²) in [7, 11) is 0. The van der Waals surface area contributed by atoms with Crippen LogP contribution in [0, 0.1) is 13.8 Å². The van der Waals surface area contributed by atoms with E-state index in [2.05, 4.69) is 4.90 Å². The Balaban J connectivity index is 1.30. The summed E-state index contributed by atoms with van der Waals surface area (Å²) in [5.74, 6) is 0.229. The van der Waals surface area contributed by atoms with E-state index in [0.717, 1.165) is 22.1 Å². The molecule has 2 aromatic heterocycles. The largest absolute Gasteiger partial charge is 0.459 e. The molecule has 0 bridgehead atoms. The van der Waals surface area contributed by atoms with E-state index in [9.17, 15) is 14.4 Å². The van der Waals surface area contributed by atoms with Crippen molar-refractivity contribution in [2.24, 2.45) is 0 Å². The molecule has 1 aliphatic rings. The molecule has 196 valence electrons. The Morgan fingerprint density at radius 2 is 1.71 bits per heavy atom. The molecule has 0 atom stereocenters. The average molecular weight is 514 g/mol. The van der Waals surface area contributed by atoms with Gasteiger partial charge in [0.2, 0.25) is 5.91 Å². The third kappa shape index (κ3) is 5.55. The predicted octanol–water partition coefficient (Wildman–Crippen LogP) is 4.38. The number of carbonyl (C=O) groups excluding carboxylic acids is 2. The van der Waals surface area contributed by atoms with Crippen molar-refractivity contribution >= 4 is 28.5 Å². The Morgan fingerprint density at radius 3 is 2.45 bits per heavy atom. The van der Waals surface area contributed by atoms with E-state index in [4.69, 9.17) is 8.83 Å². The van der Waals surface area contributed by atoms with Crippen LogP contribution in [0.4, 0.5) is 5.69 Å². The lowest BCUT2D eigenvalue weighted by Gasteiger charge is -2.34. The number of hydrogen-bond acceptors (Lipinski definition) is 6. The van der Waals surface area contributed by atoms with Gasteiger partial charge in [-0.1, -0.05) is 24.3 Å². The second kappa shape index (κ2) is 11.1. The van der Waals surface area contributed by atoms with Crippen molar-refractivity contribution in [3.8, 4) is 0 Å². The third-order valence-corrected chi connectivity index (χ3v) is 7.17. The van der Waals surface area contributed by atoms with Gasteiger partial charge in [0.25, 0.3) is 5.91 Å². The average Bonchev–Trinajstić information content (AvgIpc) is 3.46. The molecule has 0 spiro atoms. The monoisotopic (exact) mass is 513 g/mol. The SMILES string of the molecule is Cc1ccccc1CN(C(=O)CCN1CCN(C(=O)c2ccco2)CC1)c1ccc2c(C)cc(=O)oc2c1. The van der Waals surface area contributed by atoms with E-state index in [1.54, 1.807) is 28.0 Å². The van der Waals surface area contributed by atoms with E-state index in [-0.39, 0.29) is 11.8 Å². The second-order valence-electron chi connectivity index (χ2n) is 9.70. The molecule has 3 heterocycles. The third-order valence-electron chi connectivity index (χ3n) is 7.17. The zero-order valence-electron chi connectivity index (χ0n) is 21.7. The first kappa shape index (κ1) is 25.5. The summed E-state index contributed by atoms with van der Waals surface area (Å²) in [4.78, 5) is 43.9. The van der Waals surface area contributed by atoms with Gasteiger partial charge in [-0.25, -0.2) is 4.79 Å². The fraction of sp³-hybridized carbons (Fsp3) is 0.300. The number of carbonyl (C=O) groups is 2. The van der Waals surface area contributed by atoms with Crippen LogP contribution in [0.2, 0.25) is 0 Å². The van der Waals surface area contributed by atoms with Crippen molar-refractivity contribution in [3.05, 3.63) is 99.8 Å². The highest BCUT2D eigenvalue weighted by Gasteiger charge is 2.25.